The highest BCUT2D eigenvalue weighted by Gasteiger charge is 2.39. The first-order valence-electron chi connectivity index (χ1n) is 12.4. The van der Waals surface area contributed by atoms with Crippen molar-refractivity contribution in [3.05, 3.63) is 16.7 Å². The average Bonchev–Trinajstić information content (AvgIpc) is 3.46. The zero-order chi connectivity index (χ0) is 29.0. The van der Waals surface area contributed by atoms with Crippen LogP contribution < -0.4 is 22.8 Å². The van der Waals surface area contributed by atoms with Crippen LogP contribution in [0.5, 0.6) is 0 Å². The molecule has 3 heterocycles. The van der Waals surface area contributed by atoms with Crippen molar-refractivity contribution in [2.45, 2.75) is 70.8 Å². The van der Waals surface area contributed by atoms with Gasteiger partial charge in [-0.3, -0.25) is 23.9 Å². The second-order valence-electron chi connectivity index (χ2n) is 9.88. The SMILES string of the molecule is CC(C)[C@H](N)C(=O)OC[C@@H](OC(=O)[C@@H](N)C(C)C)C(=O)OC[C@H]1O[C@@H](n2cnc3c(=O)[nH]c(N)nc32)C[C@@H]1F. The van der Waals surface area contributed by atoms with Gasteiger partial charge in [-0.2, -0.15) is 4.98 Å². The first-order valence-corrected chi connectivity index (χ1v) is 12.4. The summed E-state index contributed by atoms with van der Waals surface area (Å²) in [6, 6.07) is -2.02. The van der Waals surface area contributed by atoms with E-state index in [1.807, 2.05) is 0 Å². The van der Waals surface area contributed by atoms with Crippen molar-refractivity contribution < 1.29 is 37.7 Å². The standard InChI is InChI=1S/C23H34FN7O8/c1-9(2)15(25)21(34)37-7-13(39-22(35)16(26)10(3)4)20(33)36-6-12-11(24)5-14(38-12)31-8-28-17-18(31)29-23(27)30-19(17)32/h8-16H,5-7,25-26H2,1-4H3,(H3,27,29,30,32)/t11-,12+,13+,14+,15-,16-/m0/s1. The van der Waals surface area contributed by atoms with E-state index in [2.05, 4.69) is 15.0 Å². The first-order chi connectivity index (χ1) is 18.3. The number of hydrogen-bond donors (Lipinski definition) is 4. The number of ether oxygens (including phenoxy) is 4. The number of anilines is 1. The highest BCUT2D eigenvalue weighted by Crippen LogP contribution is 2.32. The monoisotopic (exact) mass is 555 g/mol. The van der Waals surface area contributed by atoms with Crippen LogP contribution in [0.25, 0.3) is 11.2 Å². The molecule has 15 nitrogen and oxygen atoms in total. The van der Waals surface area contributed by atoms with E-state index in [4.69, 9.17) is 36.1 Å². The summed E-state index contributed by atoms with van der Waals surface area (Å²) in [5, 5.41) is 0. The molecule has 216 valence electrons. The fourth-order valence-corrected chi connectivity index (χ4v) is 3.59. The number of fused-ring (bicyclic) bond motifs is 1. The number of imidazole rings is 1. The van der Waals surface area contributed by atoms with Crippen molar-refractivity contribution in [3.8, 4) is 0 Å². The molecule has 1 saturated heterocycles. The number of H-pyrrole nitrogens is 1. The number of nitrogen functional groups attached to an aromatic ring is 1. The number of hydrogen-bond acceptors (Lipinski definition) is 13. The van der Waals surface area contributed by atoms with Crippen LogP contribution in [0.4, 0.5) is 10.3 Å². The summed E-state index contributed by atoms with van der Waals surface area (Å²) in [7, 11) is 0. The lowest BCUT2D eigenvalue weighted by Crippen LogP contribution is -2.44. The molecule has 0 aliphatic carbocycles. The summed E-state index contributed by atoms with van der Waals surface area (Å²) in [5.74, 6) is -3.52. The van der Waals surface area contributed by atoms with E-state index in [0.717, 1.165) is 0 Å². The molecular formula is C23H34FN7O8. The molecule has 0 saturated carbocycles. The van der Waals surface area contributed by atoms with E-state index in [0.29, 0.717) is 0 Å². The minimum absolute atomic E-state index is 0.00548. The van der Waals surface area contributed by atoms with E-state index in [1.54, 1.807) is 27.7 Å². The Morgan fingerprint density at radius 2 is 1.77 bits per heavy atom. The van der Waals surface area contributed by atoms with Gasteiger partial charge in [-0.25, -0.2) is 14.2 Å². The second kappa shape index (κ2) is 12.5. The number of aromatic nitrogens is 4. The van der Waals surface area contributed by atoms with Crippen LogP contribution >= 0.6 is 0 Å². The lowest BCUT2D eigenvalue weighted by atomic mass is 10.1. The number of aromatic amines is 1. The van der Waals surface area contributed by atoms with Crippen LogP contribution in [-0.2, 0) is 33.3 Å². The molecule has 3 rings (SSSR count). The number of carbonyl (C=O) groups is 3. The maximum absolute atomic E-state index is 14.8. The van der Waals surface area contributed by atoms with Crippen molar-refractivity contribution in [3.63, 3.8) is 0 Å². The topological polar surface area (TPSA) is 230 Å². The number of alkyl halides is 1. The van der Waals surface area contributed by atoms with Gasteiger partial charge in [0.25, 0.3) is 5.56 Å². The summed E-state index contributed by atoms with van der Waals surface area (Å²) in [6.07, 6.45) is -4.26. The molecule has 1 aliphatic rings. The molecule has 1 fully saturated rings. The van der Waals surface area contributed by atoms with Gasteiger partial charge < -0.3 is 36.1 Å². The molecule has 1 aliphatic heterocycles. The minimum Gasteiger partial charge on any atom is -0.460 e. The molecule has 0 unspecified atom stereocenters. The molecular weight excluding hydrogens is 521 g/mol. The maximum atomic E-state index is 14.8. The first kappa shape index (κ1) is 29.9. The minimum atomic E-state index is -1.67. The Labute approximate surface area is 222 Å². The normalized spacial score (nSPS) is 21.6. The fraction of sp³-hybridized carbons (Fsp3) is 0.652. The van der Waals surface area contributed by atoms with Crippen LogP contribution in [0.15, 0.2) is 11.1 Å². The molecule has 2 aromatic heterocycles. The number of nitrogens with two attached hydrogens (primary N) is 3. The summed E-state index contributed by atoms with van der Waals surface area (Å²) in [4.78, 5) is 59.6. The molecule has 16 heteroatoms. The van der Waals surface area contributed by atoms with Crippen LogP contribution in [0.1, 0.15) is 40.3 Å². The van der Waals surface area contributed by atoms with E-state index in [9.17, 15) is 23.6 Å². The molecule has 0 bridgehead atoms. The average molecular weight is 556 g/mol. The molecule has 7 N–H and O–H groups in total. The maximum Gasteiger partial charge on any atom is 0.351 e. The van der Waals surface area contributed by atoms with E-state index in [-0.39, 0.29) is 35.4 Å². The van der Waals surface area contributed by atoms with Gasteiger partial charge >= 0.3 is 17.9 Å². The van der Waals surface area contributed by atoms with Crippen LogP contribution in [0, 0.1) is 11.8 Å². The van der Waals surface area contributed by atoms with Crippen molar-refractivity contribution >= 4 is 35.0 Å². The Kier molecular flexibility index (Phi) is 9.58. The number of esters is 3. The second-order valence-corrected chi connectivity index (χ2v) is 9.88. The van der Waals surface area contributed by atoms with Gasteiger partial charge in [0.2, 0.25) is 12.1 Å². The van der Waals surface area contributed by atoms with Crippen molar-refractivity contribution in [2.24, 2.45) is 23.3 Å². The van der Waals surface area contributed by atoms with Crippen LogP contribution in [-0.4, -0.2) is 81.1 Å². The number of nitrogens with one attached hydrogen (secondary N) is 1. The van der Waals surface area contributed by atoms with Gasteiger partial charge in [0, 0.05) is 6.42 Å². The molecule has 0 radical (unpaired) electrons. The van der Waals surface area contributed by atoms with Gasteiger partial charge in [-0.1, -0.05) is 27.7 Å². The van der Waals surface area contributed by atoms with Crippen LogP contribution in [0.3, 0.4) is 0 Å². The summed E-state index contributed by atoms with van der Waals surface area (Å²) >= 11 is 0. The highest BCUT2D eigenvalue weighted by molar-refractivity contribution is 5.82. The van der Waals surface area contributed by atoms with Crippen LogP contribution in [0.2, 0.25) is 0 Å². The Balaban J connectivity index is 1.66. The third-order valence-corrected chi connectivity index (χ3v) is 6.19. The van der Waals surface area contributed by atoms with Gasteiger partial charge in [0.1, 0.15) is 43.8 Å². The summed E-state index contributed by atoms with van der Waals surface area (Å²) in [6.45, 7) is 5.54. The predicted octanol–water partition coefficient (Wildman–Crippen LogP) is -0.708. The largest absolute Gasteiger partial charge is 0.460 e. The number of rotatable bonds is 11. The molecule has 2 aromatic rings. The summed E-state index contributed by atoms with van der Waals surface area (Å²) < 4.78 is 37.3. The smallest absolute Gasteiger partial charge is 0.351 e. The Hall–Kier alpha value is -3.63. The molecule has 39 heavy (non-hydrogen) atoms. The molecule has 6 atom stereocenters. The van der Waals surface area contributed by atoms with Crippen molar-refractivity contribution in [1.29, 1.82) is 0 Å². The Morgan fingerprint density at radius 1 is 1.13 bits per heavy atom. The van der Waals surface area contributed by atoms with E-state index < -0.39 is 73.4 Å². The number of carbonyl (C=O) groups excluding carboxylic acids is 3. The lowest BCUT2D eigenvalue weighted by molar-refractivity contribution is -0.178. The number of halogens is 1. The third kappa shape index (κ3) is 7.07. The Morgan fingerprint density at radius 3 is 2.41 bits per heavy atom. The van der Waals surface area contributed by atoms with Gasteiger partial charge in [-0.15, -0.1) is 0 Å². The van der Waals surface area contributed by atoms with Crippen molar-refractivity contribution in [2.75, 3.05) is 18.9 Å². The third-order valence-electron chi connectivity index (χ3n) is 6.19. The predicted molar refractivity (Wildman–Crippen MR) is 133 cm³/mol. The lowest BCUT2D eigenvalue weighted by Gasteiger charge is -2.22. The molecule has 0 aromatic carbocycles. The van der Waals surface area contributed by atoms with E-state index in [1.165, 1.54) is 10.9 Å². The van der Waals surface area contributed by atoms with Gasteiger partial charge in [0.05, 0.1) is 6.33 Å². The Bertz CT molecular complexity index is 1250. The zero-order valence-corrected chi connectivity index (χ0v) is 22.0. The quantitative estimate of drug-likeness (QED) is 0.199. The molecule has 0 amide bonds. The van der Waals surface area contributed by atoms with Gasteiger partial charge in [-0.05, 0) is 11.8 Å². The fourth-order valence-electron chi connectivity index (χ4n) is 3.59. The highest BCUT2D eigenvalue weighted by atomic mass is 19.1. The van der Waals surface area contributed by atoms with E-state index >= 15 is 0 Å². The van der Waals surface area contributed by atoms with Crippen molar-refractivity contribution in [1.82, 2.24) is 19.5 Å². The van der Waals surface area contributed by atoms with Gasteiger partial charge in [0.15, 0.2) is 11.2 Å². The zero-order valence-electron chi connectivity index (χ0n) is 22.0. The number of nitrogens with zero attached hydrogens (tertiary/aromatic N) is 3. The molecule has 0 spiro atoms. The summed E-state index contributed by atoms with van der Waals surface area (Å²) in [5.41, 5.74) is 16.7.